The number of anilines is 1. The van der Waals surface area contributed by atoms with E-state index >= 15 is 0 Å². The zero-order valence-electron chi connectivity index (χ0n) is 12.3. The molecular weight excluding hydrogens is 254 g/mol. The highest BCUT2D eigenvalue weighted by atomic mass is 16.2. The molecule has 3 N–H and O–H groups in total. The first-order chi connectivity index (χ1) is 9.45. The minimum atomic E-state index is -0.614. The third-order valence-electron chi connectivity index (χ3n) is 3.41. The quantitative estimate of drug-likeness (QED) is 0.784. The van der Waals surface area contributed by atoms with Gasteiger partial charge in [0, 0.05) is 12.7 Å². The van der Waals surface area contributed by atoms with Crippen molar-refractivity contribution in [1.29, 1.82) is 0 Å². The Kier molecular flexibility index (Phi) is 6.03. The summed E-state index contributed by atoms with van der Waals surface area (Å²) in [6, 6.07) is 8.98. The third-order valence-corrected chi connectivity index (χ3v) is 3.41. The summed E-state index contributed by atoms with van der Waals surface area (Å²) >= 11 is 0. The average molecular weight is 277 g/mol. The molecule has 1 aromatic carbocycles. The lowest BCUT2D eigenvalue weighted by Crippen LogP contribution is -2.50. The van der Waals surface area contributed by atoms with E-state index in [1.165, 1.54) is 0 Å². The van der Waals surface area contributed by atoms with Gasteiger partial charge < -0.3 is 16.0 Å². The SMILES string of the molecule is CCC(C)C(NC(=O)CN(C)c1ccccc1)C(N)=O. The molecule has 1 rings (SSSR count). The summed E-state index contributed by atoms with van der Waals surface area (Å²) in [6.45, 7) is 4.05. The molecule has 2 atom stereocenters. The van der Waals surface area contributed by atoms with Crippen molar-refractivity contribution in [3.8, 4) is 0 Å². The molecule has 110 valence electrons. The number of rotatable bonds is 7. The van der Waals surface area contributed by atoms with E-state index in [2.05, 4.69) is 5.32 Å². The maximum Gasteiger partial charge on any atom is 0.240 e. The normalized spacial score (nSPS) is 13.3. The van der Waals surface area contributed by atoms with Crippen LogP contribution in [0.3, 0.4) is 0 Å². The van der Waals surface area contributed by atoms with E-state index in [-0.39, 0.29) is 18.4 Å². The molecule has 0 bridgehead atoms. The Morgan fingerprint density at radius 2 is 1.90 bits per heavy atom. The van der Waals surface area contributed by atoms with Crippen LogP contribution in [0, 0.1) is 5.92 Å². The number of hydrogen-bond acceptors (Lipinski definition) is 3. The van der Waals surface area contributed by atoms with Crippen molar-refractivity contribution < 1.29 is 9.59 Å². The molecule has 2 unspecified atom stereocenters. The Balaban J connectivity index is 2.60. The van der Waals surface area contributed by atoms with Crippen molar-refractivity contribution in [2.45, 2.75) is 26.3 Å². The molecule has 0 radical (unpaired) electrons. The fourth-order valence-electron chi connectivity index (χ4n) is 1.94. The highest BCUT2D eigenvalue weighted by molar-refractivity contribution is 5.88. The number of nitrogens with two attached hydrogens (primary N) is 1. The predicted octanol–water partition coefficient (Wildman–Crippen LogP) is 1.14. The second-order valence-electron chi connectivity index (χ2n) is 5.02. The van der Waals surface area contributed by atoms with E-state index in [1.54, 1.807) is 0 Å². The van der Waals surface area contributed by atoms with E-state index < -0.39 is 11.9 Å². The molecular formula is C15H23N3O2. The van der Waals surface area contributed by atoms with Gasteiger partial charge in [0.2, 0.25) is 11.8 Å². The molecule has 2 amide bonds. The smallest absolute Gasteiger partial charge is 0.240 e. The Bertz CT molecular complexity index is 448. The van der Waals surface area contributed by atoms with Crippen molar-refractivity contribution in [3.05, 3.63) is 30.3 Å². The van der Waals surface area contributed by atoms with Crippen LogP contribution in [0.15, 0.2) is 30.3 Å². The first-order valence-electron chi connectivity index (χ1n) is 6.80. The van der Waals surface area contributed by atoms with Crippen LogP contribution in [0.4, 0.5) is 5.69 Å². The van der Waals surface area contributed by atoms with Gasteiger partial charge in [-0.3, -0.25) is 9.59 Å². The second kappa shape index (κ2) is 7.53. The Morgan fingerprint density at radius 1 is 1.30 bits per heavy atom. The van der Waals surface area contributed by atoms with Crippen LogP contribution in [-0.2, 0) is 9.59 Å². The highest BCUT2D eigenvalue weighted by Crippen LogP contribution is 2.11. The molecule has 0 fully saturated rings. The van der Waals surface area contributed by atoms with Gasteiger partial charge in [0.05, 0.1) is 6.54 Å². The molecule has 5 heteroatoms. The Hall–Kier alpha value is -2.04. The Morgan fingerprint density at radius 3 is 2.40 bits per heavy atom. The van der Waals surface area contributed by atoms with Crippen LogP contribution in [0.5, 0.6) is 0 Å². The molecule has 1 aromatic rings. The first kappa shape index (κ1) is 16.0. The minimum Gasteiger partial charge on any atom is -0.368 e. The molecule has 0 aromatic heterocycles. The van der Waals surface area contributed by atoms with Gasteiger partial charge in [-0.1, -0.05) is 38.5 Å². The molecule has 20 heavy (non-hydrogen) atoms. The topological polar surface area (TPSA) is 75.4 Å². The zero-order chi connectivity index (χ0) is 15.1. The van der Waals surface area contributed by atoms with Gasteiger partial charge in [0.25, 0.3) is 0 Å². The molecule has 0 aliphatic rings. The number of primary amides is 1. The number of carbonyl (C=O) groups excluding carboxylic acids is 2. The number of hydrogen-bond donors (Lipinski definition) is 2. The number of carbonyl (C=O) groups is 2. The fourth-order valence-corrected chi connectivity index (χ4v) is 1.94. The maximum absolute atomic E-state index is 12.0. The summed E-state index contributed by atoms with van der Waals surface area (Å²) in [4.78, 5) is 25.2. The molecule has 0 aliphatic carbocycles. The van der Waals surface area contributed by atoms with E-state index in [4.69, 9.17) is 5.73 Å². The van der Waals surface area contributed by atoms with Gasteiger partial charge in [-0.15, -0.1) is 0 Å². The number of para-hydroxylation sites is 1. The zero-order valence-corrected chi connectivity index (χ0v) is 12.3. The largest absolute Gasteiger partial charge is 0.368 e. The number of benzene rings is 1. The summed E-state index contributed by atoms with van der Waals surface area (Å²) in [6.07, 6.45) is 0.780. The molecule has 0 heterocycles. The van der Waals surface area contributed by atoms with Gasteiger partial charge in [0.15, 0.2) is 0 Å². The lowest BCUT2D eigenvalue weighted by Gasteiger charge is -2.24. The van der Waals surface area contributed by atoms with Crippen LogP contribution in [0.2, 0.25) is 0 Å². The molecule has 0 spiro atoms. The van der Waals surface area contributed by atoms with E-state index in [9.17, 15) is 9.59 Å². The number of amides is 2. The lowest BCUT2D eigenvalue weighted by atomic mass is 9.98. The fraction of sp³-hybridized carbons (Fsp3) is 0.467. The van der Waals surface area contributed by atoms with Crippen LogP contribution < -0.4 is 16.0 Å². The van der Waals surface area contributed by atoms with Crippen LogP contribution in [-0.4, -0.2) is 31.4 Å². The van der Waals surface area contributed by atoms with Gasteiger partial charge >= 0.3 is 0 Å². The van der Waals surface area contributed by atoms with Crippen molar-refractivity contribution in [1.82, 2.24) is 5.32 Å². The van der Waals surface area contributed by atoms with Crippen LogP contribution >= 0.6 is 0 Å². The summed E-state index contributed by atoms with van der Waals surface area (Å²) in [5.74, 6) is -0.672. The predicted molar refractivity (Wildman–Crippen MR) is 80.3 cm³/mol. The maximum atomic E-state index is 12.0. The molecule has 0 saturated carbocycles. The van der Waals surface area contributed by atoms with E-state index in [0.29, 0.717) is 0 Å². The second-order valence-corrected chi connectivity index (χ2v) is 5.02. The Labute approximate surface area is 120 Å². The van der Waals surface area contributed by atoms with Gasteiger partial charge in [-0.05, 0) is 18.1 Å². The van der Waals surface area contributed by atoms with Crippen molar-refractivity contribution >= 4 is 17.5 Å². The molecule has 5 nitrogen and oxygen atoms in total. The summed E-state index contributed by atoms with van der Waals surface area (Å²) in [7, 11) is 1.83. The minimum absolute atomic E-state index is 0.0264. The van der Waals surface area contributed by atoms with Crippen LogP contribution in [0.1, 0.15) is 20.3 Å². The standard InChI is InChI=1S/C15H23N3O2/c1-4-11(2)14(15(16)20)17-13(19)10-18(3)12-8-6-5-7-9-12/h5-9,11,14H,4,10H2,1-3H3,(H2,16,20)(H,17,19). The van der Waals surface area contributed by atoms with Crippen molar-refractivity contribution in [2.24, 2.45) is 11.7 Å². The lowest BCUT2D eigenvalue weighted by molar-refractivity contribution is -0.127. The van der Waals surface area contributed by atoms with E-state index in [1.807, 2.05) is 56.1 Å². The average Bonchev–Trinajstić information content (AvgIpc) is 2.44. The van der Waals surface area contributed by atoms with Crippen molar-refractivity contribution in [2.75, 3.05) is 18.5 Å². The monoisotopic (exact) mass is 277 g/mol. The number of nitrogens with one attached hydrogen (secondary N) is 1. The number of nitrogens with zero attached hydrogens (tertiary/aromatic N) is 1. The van der Waals surface area contributed by atoms with Gasteiger partial charge in [-0.2, -0.15) is 0 Å². The highest BCUT2D eigenvalue weighted by Gasteiger charge is 2.23. The van der Waals surface area contributed by atoms with E-state index in [0.717, 1.165) is 12.1 Å². The number of likely N-dealkylation sites (N-methyl/N-ethyl adjacent to an activating group) is 1. The van der Waals surface area contributed by atoms with Crippen molar-refractivity contribution in [3.63, 3.8) is 0 Å². The van der Waals surface area contributed by atoms with Crippen LogP contribution in [0.25, 0.3) is 0 Å². The first-order valence-corrected chi connectivity index (χ1v) is 6.80. The molecule has 0 saturated heterocycles. The third kappa shape index (κ3) is 4.57. The van der Waals surface area contributed by atoms with Gasteiger partial charge in [-0.25, -0.2) is 0 Å². The summed E-state index contributed by atoms with van der Waals surface area (Å²) in [5.41, 5.74) is 6.28. The summed E-state index contributed by atoms with van der Waals surface area (Å²) < 4.78 is 0. The molecule has 0 aliphatic heterocycles. The summed E-state index contributed by atoms with van der Waals surface area (Å²) in [5, 5.41) is 2.71. The van der Waals surface area contributed by atoms with Gasteiger partial charge in [0.1, 0.15) is 6.04 Å².